The van der Waals surface area contributed by atoms with Gasteiger partial charge in [-0.1, -0.05) is 24.6 Å². The van der Waals surface area contributed by atoms with Gasteiger partial charge >= 0.3 is 6.03 Å². The molecule has 2 amide bonds. The Morgan fingerprint density at radius 2 is 1.81 bits per heavy atom. The average molecular weight is 370 g/mol. The largest absolute Gasteiger partial charge is 0.368 e. The molecule has 0 radical (unpaired) electrons. The van der Waals surface area contributed by atoms with Crippen LogP contribution in [-0.2, 0) is 0 Å². The Hall–Kier alpha value is -2.34. The summed E-state index contributed by atoms with van der Waals surface area (Å²) in [7, 11) is 0. The Labute approximate surface area is 161 Å². The number of hydrogen-bond donors (Lipinski definition) is 3. The summed E-state index contributed by atoms with van der Waals surface area (Å²) >= 11 is 0. The number of piperidine rings is 1. The maximum absolute atomic E-state index is 12.1. The molecule has 146 valence electrons. The van der Waals surface area contributed by atoms with Gasteiger partial charge in [-0.15, -0.1) is 0 Å². The average Bonchev–Trinajstić information content (AvgIpc) is 2.70. The number of hydrogen-bond acceptors (Lipinski definition) is 4. The van der Waals surface area contributed by atoms with Crippen molar-refractivity contribution in [2.45, 2.75) is 38.6 Å². The molecule has 0 unspecified atom stereocenters. The smallest absolute Gasteiger partial charge is 0.314 e. The van der Waals surface area contributed by atoms with Gasteiger partial charge in [0.05, 0.1) is 5.52 Å². The minimum absolute atomic E-state index is 0.00890. The van der Waals surface area contributed by atoms with E-state index < -0.39 is 0 Å². The second kappa shape index (κ2) is 9.04. The van der Waals surface area contributed by atoms with Crippen LogP contribution in [0.2, 0.25) is 0 Å². The van der Waals surface area contributed by atoms with E-state index in [4.69, 9.17) is 0 Å². The first-order valence-electron chi connectivity index (χ1n) is 9.91. The molecule has 3 rings (SSSR count). The SMILES string of the molecule is CC(C)(CNC(=O)NCCNc1ccc2ccccc2n1)N1CCCCC1. The van der Waals surface area contributed by atoms with E-state index in [2.05, 4.69) is 39.7 Å². The summed E-state index contributed by atoms with van der Waals surface area (Å²) < 4.78 is 0. The van der Waals surface area contributed by atoms with Crippen molar-refractivity contribution >= 4 is 22.8 Å². The summed E-state index contributed by atoms with van der Waals surface area (Å²) in [6.45, 7) is 8.48. The Balaban J connectivity index is 1.36. The molecule has 1 aliphatic heterocycles. The van der Waals surface area contributed by atoms with Crippen molar-refractivity contribution in [3.05, 3.63) is 36.4 Å². The molecule has 1 aromatic carbocycles. The number of aromatic nitrogens is 1. The van der Waals surface area contributed by atoms with Crippen LogP contribution in [0.15, 0.2) is 36.4 Å². The Morgan fingerprint density at radius 3 is 2.63 bits per heavy atom. The molecule has 1 fully saturated rings. The number of para-hydroxylation sites is 1. The first-order chi connectivity index (χ1) is 13.0. The number of urea groups is 1. The number of anilines is 1. The molecule has 2 heterocycles. The van der Waals surface area contributed by atoms with E-state index in [1.165, 1.54) is 19.3 Å². The lowest BCUT2D eigenvalue weighted by Gasteiger charge is -2.41. The van der Waals surface area contributed by atoms with Crippen molar-refractivity contribution in [2.24, 2.45) is 0 Å². The van der Waals surface area contributed by atoms with Crippen molar-refractivity contribution in [2.75, 3.05) is 38.0 Å². The highest BCUT2D eigenvalue weighted by molar-refractivity contribution is 5.80. The monoisotopic (exact) mass is 369 g/mol. The van der Waals surface area contributed by atoms with Crippen LogP contribution in [0.4, 0.5) is 10.6 Å². The van der Waals surface area contributed by atoms with Gasteiger partial charge in [0, 0.05) is 30.6 Å². The van der Waals surface area contributed by atoms with Crippen LogP contribution in [0, 0.1) is 0 Å². The molecule has 1 aromatic heterocycles. The van der Waals surface area contributed by atoms with Crippen LogP contribution in [0.5, 0.6) is 0 Å². The van der Waals surface area contributed by atoms with Crippen molar-refractivity contribution in [1.29, 1.82) is 0 Å². The molecule has 6 heteroatoms. The zero-order valence-corrected chi connectivity index (χ0v) is 16.4. The molecule has 6 nitrogen and oxygen atoms in total. The van der Waals surface area contributed by atoms with Gasteiger partial charge in [0.25, 0.3) is 0 Å². The minimum atomic E-state index is -0.117. The Bertz CT molecular complexity index is 755. The van der Waals surface area contributed by atoms with E-state index in [1.807, 2.05) is 36.4 Å². The number of nitrogens with one attached hydrogen (secondary N) is 3. The number of carbonyl (C=O) groups is 1. The third kappa shape index (κ3) is 5.57. The highest BCUT2D eigenvalue weighted by Crippen LogP contribution is 2.19. The maximum Gasteiger partial charge on any atom is 0.314 e. The van der Waals surface area contributed by atoms with E-state index in [1.54, 1.807) is 0 Å². The number of fused-ring (bicyclic) bond motifs is 1. The quantitative estimate of drug-likeness (QED) is 0.656. The van der Waals surface area contributed by atoms with Crippen LogP contribution in [0.3, 0.4) is 0 Å². The number of nitrogens with zero attached hydrogens (tertiary/aromatic N) is 2. The number of benzene rings is 1. The van der Waals surface area contributed by atoms with Crippen molar-refractivity contribution < 1.29 is 4.79 Å². The van der Waals surface area contributed by atoms with Gasteiger partial charge in [-0.05, 0) is 58.0 Å². The van der Waals surface area contributed by atoms with Crippen molar-refractivity contribution in [1.82, 2.24) is 20.5 Å². The molecule has 0 aliphatic carbocycles. The van der Waals surface area contributed by atoms with Crippen LogP contribution in [0.1, 0.15) is 33.1 Å². The summed E-state index contributed by atoms with van der Waals surface area (Å²) in [6.07, 6.45) is 3.83. The van der Waals surface area contributed by atoms with Crippen LogP contribution < -0.4 is 16.0 Å². The summed E-state index contributed by atoms with van der Waals surface area (Å²) in [6, 6.07) is 11.9. The third-order valence-electron chi connectivity index (χ3n) is 5.21. The molecule has 0 bridgehead atoms. The van der Waals surface area contributed by atoms with Crippen molar-refractivity contribution in [3.63, 3.8) is 0 Å². The van der Waals surface area contributed by atoms with Crippen LogP contribution in [-0.4, -0.2) is 54.2 Å². The summed E-state index contributed by atoms with van der Waals surface area (Å²) in [5, 5.41) is 10.3. The van der Waals surface area contributed by atoms with Gasteiger partial charge in [-0.2, -0.15) is 0 Å². The summed E-state index contributed by atoms with van der Waals surface area (Å²) in [5.41, 5.74) is 0.957. The molecule has 1 saturated heterocycles. The standard InChI is InChI=1S/C21H31N5O/c1-21(2,26-14-6-3-7-15-26)16-24-20(27)23-13-12-22-19-11-10-17-8-4-5-9-18(17)25-19/h4-5,8-11H,3,6-7,12-16H2,1-2H3,(H,22,25)(H2,23,24,27). The van der Waals surface area contributed by atoms with Gasteiger partial charge < -0.3 is 16.0 Å². The predicted molar refractivity (Wildman–Crippen MR) is 111 cm³/mol. The van der Waals surface area contributed by atoms with E-state index in [0.717, 1.165) is 29.8 Å². The number of carbonyl (C=O) groups excluding carboxylic acids is 1. The number of pyridine rings is 1. The maximum atomic E-state index is 12.1. The lowest BCUT2D eigenvalue weighted by molar-refractivity contribution is 0.0960. The molecule has 0 spiro atoms. The molecule has 27 heavy (non-hydrogen) atoms. The Morgan fingerprint density at radius 1 is 1.04 bits per heavy atom. The van der Waals surface area contributed by atoms with E-state index in [-0.39, 0.29) is 11.6 Å². The van der Waals surface area contributed by atoms with E-state index in [9.17, 15) is 4.79 Å². The third-order valence-corrected chi connectivity index (χ3v) is 5.21. The van der Waals surface area contributed by atoms with E-state index in [0.29, 0.717) is 19.6 Å². The molecule has 2 aromatic rings. The molecular formula is C21H31N5O. The second-order valence-electron chi connectivity index (χ2n) is 7.79. The van der Waals surface area contributed by atoms with Gasteiger partial charge in [0.2, 0.25) is 0 Å². The topological polar surface area (TPSA) is 69.3 Å². The lowest BCUT2D eigenvalue weighted by atomic mass is 9.98. The fourth-order valence-electron chi connectivity index (χ4n) is 3.50. The molecular weight excluding hydrogens is 338 g/mol. The van der Waals surface area contributed by atoms with Gasteiger partial charge in [-0.3, -0.25) is 4.90 Å². The van der Waals surface area contributed by atoms with Gasteiger partial charge in [-0.25, -0.2) is 9.78 Å². The fourth-order valence-corrected chi connectivity index (χ4v) is 3.50. The summed E-state index contributed by atoms with van der Waals surface area (Å²) in [5.74, 6) is 0.821. The predicted octanol–water partition coefficient (Wildman–Crippen LogP) is 3.21. The molecule has 0 saturated carbocycles. The summed E-state index contributed by atoms with van der Waals surface area (Å²) in [4.78, 5) is 19.1. The highest BCUT2D eigenvalue weighted by atomic mass is 16.2. The first kappa shape index (κ1) is 19.4. The minimum Gasteiger partial charge on any atom is -0.368 e. The Kier molecular flexibility index (Phi) is 6.50. The number of rotatable bonds is 7. The van der Waals surface area contributed by atoms with Crippen LogP contribution in [0.25, 0.3) is 10.9 Å². The van der Waals surface area contributed by atoms with Gasteiger partial charge in [0.1, 0.15) is 5.82 Å². The molecule has 1 aliphatic rings. The zero-order valence-electron chi connectivity index (χ0n) is 16.4. The molecule has 3 N–H and O–H groups in total. The van der Waals surface area contributed by atoms with Crippen molar-refractivity contribution in [3.8, 4) is 0 Å². The lowest BCUT2D eigenvalue weighted by Crippen LogP contribution is -2.54. The van der Waals surface area contributed by atoms with Gasteiger partial charge in [0.15, 0.2) is 0 Å². The number of amides is 2. The highest BCUT2D eigenvalue weighted by Gasteiger charge is 2.28. The number of likely N-dealkylation sites (tertiary alicyclic amines) is 1. The van der Waals surface area contributed by atoms with Crippen LogP contribution >= 0.6 is 0 Å². The zero-order chi connectivity index (χ0) is 19.1. The first-order valence-corrected chi connectivity index (χ1v) is 9.91. The van der Waals surface area contributed by atoms with E-state index >= 15 is 0 Å². The normalized spacial score (nSPS) is 15.5. The second-order valence-corrected chi connectivity index (χ2v) is 7.79. The molecule has 0 atom stereocenters. The fraction of sp³-hybridized carbons (Fsp3) is 0.524.